The molecular weight excluding hydrogens is 711 g/mol. The summed E-state index contributed by atoms with van der Waals surface area (Å²) >= 11 is 0. The number of imide groups is 1. The third-order valence-corrected chi connectivity index (χ3v) is 9.87. The average molecular weight is 752 g/mol. The average Bonchev–Trinajstić information content (AvgIpc) is 3.86. The summed E-state index contributed by atoms with van der Waals surface area (Å²) in [7, 11) is 1.99. The van der Waals surface area contributed by atoms with Gasteiger partial charge in [-0.05, 0) is 77.2 Å². The normalized spacial score (nSPS) is 11.2. The molecular formula is C48H41N5O4. The third-order valence-electron chi connectivity index (χ3n) is 9.87. The number of benzene rings is 6. The van der Waals surface area contributed by atoms with Crippen molar-refractivity contribution < 1.29 is 19.1 Å². The van der Waals surface area contributed by atoms with Gasteiger partial charge in [0.05, 0.1) is 11.3 Å². The molecule has 0 N–H and O–H groups in total. The quantitative estimate of drug-likeness (QED) is 0.115. The van der Waals surface area contributed by atoms with E-state index in [1.54, 1.807) is 53.1 Å². The molecule has 0 aliphatic rings. The fourth-order valence-corrected chi connectivity index (χ4v) is 6.85. The predicted octanol–water partition coefficient (Wildman–Crippen LogP) is 10.2. The SMILES string of the molecule is CC(C)c1cc(-c2nnc(N(C(=O)c3ccccc3)C(=O)c3ccccc3)n2-c2ccc3c(ccn3C)c2)c(OCc2ccccc2)cc1OCc1ccccc1. The van der Waals surface area contributed by atoms with Crippen LogP contribution in [0.4, 0.5) is 5.95 Å². The van der Waals surface area contributed by atoms with Gasteiger partial charge in [-0.15, -0.1) is 10.2 Å². The number of rotatable bonds is 12. The minimum absolute atomic E-state index is 0.0347. The first kappa shape index (κ1) is 36.7. The molecule has 0 unspecified atom stereocenters. The molecule has 8 rings (SSSR count). The minimum Gasteiger partial charge on any atom is -0.488 e. The second-order valence-electron chi connectivity index (χ2n) is 14.1. The molecule has 9 nitrogen and oxygen atoms in total. The second-order valence-corrected chi connectivity index (χ2v) is 14.1. The zero-order valence-corrected chi connectivity index (χ0v) is 31.9. The lowest BCUT2D eigenvalue weighted by atomic mass is 9.98. The smallest absolute Gasteiger partial charge is 0.267 e. The number of hydrogen-bond donors (Lipinski definition) is 0. The van der Waals surface area contributed by atoms with Crippen molar-refractivity contribution in [3.05, 3.63) is 192 Å². The van der Waals surface area contributed by atoms with Gasteiger partial charge in [-0.2, -0.15) is 0 Å². The molecule has 0 atom stereocenters. The number of anilines is 1. The van der Waals surface area contributed by atoms with Crippen LogP contribution in [-0.4, -0.2) is 31.1 Å². The molecule has 6 aromatic carbocycles. The van der Waals surface area contributed by atoms with Crippen LogP contribution in [0.5, 0.6) is 11.5 Å². The van der Waals surface area contributed by atoms with Gasteiger partial charge in [-0.3, -0.25) is 14.2 Å². The number of fused-ring (bicyclic) bond motifs is 1. The summed E-state index contributed by atoms with van der Waals surface area (Å²) in [6, 6.07) is 49.3. The fraction of sp³-hybridized carbons (Fsp3) is 0.125. The van der Waals surface area contributed by atoms with Crippen LogP contribution in [0, 0.1) is 0 Å². The second kappa shape index (κ2) is 16.2. The van der Waals surface area contributed by atoms with Crippen molar-refractivity contribution in [2.45, 2.75) is 33.0 Å². The standard InChI is InChI=1S/C48H41N5O4/c1-33(2)40-29-41(44(57-32-35-18-10-5-11-19-35)30-43(40)56-31-34-16-8-4-9-17-34)45-49-50-48(52(45)39-24-25-42-38(28-39)26-27-51(42)3)53(46(54)36-20-12-6-13-21-36)47(55)37-22-14-7-15-23-37/h4-30,33H,31-32H2,1-3H3. The fourth-order valence-electron chi connectivity index (χ4n) is 6.85. The molecule has 0 spiro atoms. The number of nitrogens with zero attached hydrogens (tertiary/aromatic N) is 5. The summed E-state index contributed by atoms with van der Waals surface area (Å²) in [4.78, 5) is 30.3. The Bertz CT molecular complexity index is 2600. The van der Waals surface area contributed by atoms with E-state index in [1.807, 2.05) is 127 Å². The van der Waals surface area contributed by atoms with E-state index in [9.17, 15) is 9.59 Å². The van der Waals surface area contributed by atoms with E-state index in [4.69, 9.17) is 14.6 Å². The highest BCUT2D eigenvalue weighted by Crippen LogP contribution is 2.41. The maximum absolute atomic E-state index is 14.6. The number of carbonyl (C=O) groups excluding carboxylic acids is 2. The summed E-state index contributed by atoms with van der Waals surface area (Å²) in [6.45, 7) is 4.86. The summed E-state index contributed by atoms with van der Waals surface area (Å²) in [5.41, 5.74) is 5.88. The molecule has 2 amide bonds. The van der Waals surface area contributed by atoms with E-state index in [0.717, 1.165) is 32.5 Å². The van der Waals surface area contributed by atoms with Crippen molar-refractivity contribution >= 4 is 28.7 Å². The van der Waals surface area contributed by atoms with E-state index in [0.29, 0.717) is 46.3 Å². The van der Waals surface area contributed by atoms with Crippen molar-refractivity contribution in [1.82, 2.24) is 19.3 Å². The van der Waals surface area contributed by atoms with Crippen molar-refractivity contribution in [2.75, 3.05) is 4.90 Å². The van der Waals surface area contributed by atoms with Crippen molar-refractivity contribution in [1.29, 1.82) is 0 Å². The molecule has 0 saturated carbocycles. The molecule has 2 heterocycles. The van der Waals surface area contributed by atoms with Crippen LogP contribution >= 0.6 is 0 Å². The van der Waals surface area contributed by atoms with Gasteiger partial charge in [0.2, 0.25) is 5.95 Å². The highest BCUT2D eigenvalue weighted by molar-refractivity contribution is 6.25. The van der Waals surface area contributed by atoms with Crippen molar-refractivity contribution in [3.8, 4) is 28.6 Å². The Hall–Kier alpha value is -7.26. The van der Waals surface area contributed by atoms with E-state index < -0.39 is 11.8 Å². The molecule has 0 saturated heterocycles. The highest BCUT2D eigenvalue weighted by atomic mass is 16.5. The monoisotopic (exact) mass is 751 g/mol. The molecule has 282 valence electrons. The van der Waals surface area contributed by atoms with Crippen molar-refractivity contribution in [2.24, 2.45) is 7.05 Å². The van der Waals surface area contributed by atoms with Crippen LogP contribution in [-0.2, 0) is 20.3 Å². The lowest BCUT2D eigenvalue weighted by molar-refractivity contribution is 0.0894. The first-order valence-corrected chi connectivity index (χ1v) is 18.9. The number of ether oxygens (including phenoxy) is 2. The van der Waals surface area contributed by atoms with Gasteiger partial charge < -0.3 is 14.0 Å². The third kappa shape index (κ3) is 7.68. The first-order chi connectivity index (χ1) is 27.9. The minimum atomic E-state index is -0.543. The lowest BCUT2D eigenvalue weighted by Gasteiger charge is -2.23. The van der Waals surface area contributed by atoms with Gasteiger partial charge in [0.1, 0.15) is 24.7 Å². The largest absolute Gasteiger partial charge is 0.488 e. The van der Waals surface area contributed by atoms with E-state index >= 15 is 0 Å². The Morgan fingerprint density at radius 1 is 0.632 bits per heavy atom. The summed E-state index contributed by atoms with van der Waals surface area (Å²) in [5.74, 6) is 0.557. The number of aryl methyl sites for hydroxylation is 1. The lowest BCUT2D eigenvalue weighted by Crippen LogP contribution is -2.39. The van der Waals surface area contributed by atoms with Crippen LogP contribution < -0.4 is 14.4 Å². The molecule has 8 aromatic rings. The van der Waals surface area contributed by atoms with Gasteiger partial charge in [0.25, 0.3) is 11.8 Å². The maximum atomic E-state index is 14.6. The zero-order valence-electron chi connectivity index (χ0n) is 31.9. The molecule has 2 aromatic heterocycles. The van der Waals surface area contributed by atoms with Gasteiger partial charge in [0.15, 0.2) is 5.82 Å². The number of hydrogen-bond acceptors (Lipinski definition) is 6. The molecule has 57 heavy (non-hydrogen) atoms. The van der Waals surface area contributed by atoms with Gasteiger partial charge in [-0.1, -0.05) is 111 Å². The van der Waals surface area contributed by atoms with Gasteiger partial charge in [0, 0.05) is 41.3 Å². The van der Waals surface area contributed by atoms with Crippen LogP contribution in [0.2, 0.25) is 0 Å². The molecule has 0 aliphatic carbocycles. The van der Waals surface area contributed by atoms with E-state index in [1.165, 1.54) is 0 Å². The van der Waals surface area contributed by atoms with Gasteiger partial charge >= 0.3 is 0 Å². The van der Waals surface area contributed by atoms with Crippen LogP contribution in [0.25, 0.3) is 28.0 Å². The van der Waals surface area contributed by atoms with E-state index in [2.05, 4.69) is 18.9 Å². The van der Waals surface area contributed by atoms with Crippen LogP contribution in [0.15, 0.2) is 164 Å². The Kier molecular flexibility index (Phi) is 10.4. The topological polar surface area (TPSA) is 91.5 Å². The van der Waals surface area contributed by atoms with Crippen LogP contribution in [0.1, 0.15) is 57.2 Å². The molecule has 0 radical (unpaired) electrons. The summed E-state index contributed by atoms with van der Waals surface area (Å²) in [6.07, 6.45) is 1.99. The van der Waals surface area contributed by atoms with E-state index in [-0.39, 0.29) is 18.5 Å². The first-order valence-electron chi connectivity index (χ1n) is 18.9. The number of amides is 2. The Morgan fingerprint density at radius 2 is 1.18 bits per heavy atom. The maximum Gasteiger partial charge on any atom is 0.267 e. The molecule has 9 heteroatoms. The number of aromatic nitrogens is 4. The van der Waals surface area contributed by atoms with Crippen LogP contribution in [0.3, 0.4) is 0 Å². The molecule has 0 bridgehead atoms. The summed E-state index contributed by atoms with van der Waals surface area (Å²) < 4.78 is 17.0. The molecule has 0 aliphatic heterocycles. The molecule has 0 fully saturated rings. The highest BCUT2D eigenvalue weighted by Gasteiger charge is 2.33. The Labute approximate surface area is 331 Å². The number of carbonyl (C=O) groups is 2. The zero-order chi connectivity index (χ0) is 39.3. The predicted molar refractivity (Wildman–Crippen MR) is 223 cm³/mol. The van der Waals surface area contributed by atoms with Gasteiger partial charge in [-0.25, -0.2) is 4.90 Å². The Morgan fingerprint density at radius 3 is 1.74 bits per heavy atom. The summed E-state index contributed by atoms with van der Waals surface area (Å²) in [5, 5.41) is 10.4. The van der Waals surface area contributed by atoms with Crippen molar-refractivity contribution in [3.63, 3.8) is 0 Å². The Balaban J connectivity index is 1.35.